The summed E-state index contributed by atoms with van der Waals surface area (Å²) in [5.41, 5.74) is 6.11. The van der Waals surface area contributed by atoms with Gasteiger partial charge in [0.25, 0.3) is 0 Å². The van der Waals surface area contributed by atoms with Crippen molar-refractivity contribution < 1.29 is 34.1 Å². The second-order valence-electron chi connectivity index (χ2n) is 8.85. The van der Waals surface area contributed by atoms with Crippen LogP contribution < -0.4 is 15.4 Å². The first-order valence-electron chi connectivity index (χ1n) is 10.3. The van der Waals surface area contributed by atoms with Crippen molar-refractivity contribution in [2.75, 3.05) is 18.6 Å². The van der Waals surface area contributed by atoms with Gasteiger partial charge in [0.2, 0.25) is 12.0 Å². The molecule has 2 rings (SSSR count). The third-order valence-electron chi connectivity index (χ3n) is 5.47. The summed E-state index contributed by atoms with van der Waals surface area (Å²) in [7, 11) is 1.26. The zero-order chi connectivity index (χ0) is 23.3. The van der Waals surface area contributed by atoms with E-state index in [0.717, 1.165) is 0 Å². The van der Waals surface area contributed by atoms with E-state index < -0.39 is 41.5 Å². The van der Waals surface area contributed by atoms with Crippen LogP contribution in [0, 0.1) is 11.3 Å². The lowest BCUT2D eigenvalue weighted by atomic mass is 9.80. The monoisotopic (exact) mass is 436 g/mol. The van der Waals surface area contributed by atoms with E-state index in [2.05, 4.69) is 0 Å². The van der Waals surface area contributed by atoms with E-state index in [-0.39, 0.29) is 25.3 Å². The predicted molar refractivity (Wildman–Crippen MR) is 114 cm³/mol. The lowest BCUT2D eigenvalue weighted by Crippen LogP contribution is -2.48. The molecule has 31 heavy (non-hydrogen) atoms. The largest absolute Gasteiger partial charge is 0.481 e. The number of hydrogen-bond donors (Lipinski definition) is 3. The number of aliphatic carboxylic acids is 1. The Kier molecular flexibility index (Phi) is 8.02. The van der Waals surface area contributed by atoms with Crippen molar-refractivity contribution in [1.29, 1.82) is 0 Å². The van der Waals surface area contributed by atoms with Crippen molar-refractivity contribution >= 4 is 23.5 Å². The third-order valence-corrected chi connectivity index (χ3v) is 5.47. The fourth-order valence-electron chi connectivity index (χ4n) is 3.71. The molecular weight excluding hydrogens is 404 g/mol. The molecule has 9 nitrogen and oxygen atoms in total. The lowest BCUT2D eigenvalue weighted by molar-refractivity contribution is -0.148. The van der Waals surface area contributed by atoms with Gasteiger partial charge in [0.1, 0.15) is 5.75 Å². The smallest absolute Gasteiger partial charge is 0.348 e. The number of aliphatic hydroxyl groups is 1. The molecule has 172 valence electrons. The molecule has 4 atom stereocenters. The Morgan fingerprint density at radius 3 is 2.58 bits per heavy atom. The average molecular weight is 437 g/mol. The van der Waals surface area contributed by atoms with Crippen molar-refractivity contribution in [2.24, 2.45) is 17.1 Å². The van der Waals surface area contributed by atoms with Gasteiger partial charge in [-0.3, -0.25) is 9.59 Å². The molecule has 1 aliphatic rings. The minimum Gasteiger partial charge on any atom is -0.481 e. The van der Waals surface area contributed by atoms with Gasteiger partial charge in [-0.25, -0.2) is 4.79 Å². The second-order valence-corrected chi connectivity index (χ2v) is 8.85. The Bertz CT molecular complexity index is 811. The molecule has 1 aromatic carbocycles. The van der Waals surface area contributed by atoms with Crippen LogP contribution in [0.5, 0.6) is 5.75 Å². The average Bonchev–Trinajstić information content (AvgIpc) is 2.71. The van der Waals surface area contributed by atoms with Crippen LogP contribution in [0.25, 0.3) is 0 Å². The molecule has 0 bridgehead atoms. The maximum atomic E-state index is 13.2. The second kappa shape index (κ2) is 10.1. The van der Waals surface area contributed by atoms with Crippen LogP contribution in [0.2, 0.25) is 0 Å². The van der Waals surface area contributed by atoms with Gasteiger partial charge in [0, 0.05) is 12.5 Å². The molecule has 0 spiro atoms. The van der Waals surface area contributed by atoms with E-state index in [0.29, 0.717) is 17.9 Å². The first kappa shape index (κ1) is 24.6. The third kappa shape index (κ3) is 6.41. The molecule has 4 N–H and O–H groups in total. The normalized spacial score (nSPS) is 18.9. The lowest BCUT2D eigenvalue weighted by Gasteiger charge is -2.36. The maximum Gasteiger partial charge on any atom is 0.348 e. The predicted octanol–water partition coefficient (Wildman–Crippen LogP) is 1.56. The molecule has 9 heteroatoms. The highest BCUT2D eigenvalue weighted by atomic mass is 16.6. The van der Waals surface area contributed by atoms with Gasteiger partial charge in [-0.1, -0.05) is 32.9 Å². The highest BCUT2D eigenvalue weighted by Gasteiger charge is 2.37. The number of anilines is 1. The number of nitrogens with two attached hydrogens (primary N) is 1. The number of para-hydroxylation sites is 2. The van der Waals surface area contributed by atoms with Gasteiger partial charge >= 0.3 is 11.9 Å². The van der Waals surface area contributed by atoms with Crippen LogP contribution in [0.3, 0.4) is 0 Å². The Morgan fingerprint density at radius 1 is 1.32 bits per heavy atom. The number of aliphatic hydroxyl groups excluding tert-OH is 1. The number of amides is 1. The molecule has 1 aromatic rings. The summed E-state index contributed by atoms with van der Waals surface area (Å²) in [6.45, 7) is 5.27. The van der Waals surface area contributed by atoms with Gasteiger partial charge in [-0.05, 0) is 30.4 Å². The molecule has 0 fully saturated rings. The molecule has 1 heterocycles. The molecule has 0 radical (unpaired) electrons. The number of carbonyl (C=O) groups excluding carboxylic acids is 2. The number of fused-ring (bicyclic) bond motifs is 1. The SMILES string of the molecule is COC(=O)[C@H]1CN(C(=O)CC(C)(C)C[C@H](N)[C@@H](O)C[C@@H](C)C(=O)O)c2ccccc2O1. The van der Waals surface area contributed by atoms with Crippen molar-refractivity contribution in [3.05, 3.63) is 24.3 Å². The van der Waals surface area contributed by atoms with E-state index >= 15 is 0 Å². The van der Waals surface area contributed by atoms with E-state index in [9.17, 15) is 19.5 Å². The van der Waals surface area contributed by atoms with E-state index in [1.54, 1.807) is 24.3 Å². The minimum absolute atomic E-state index is 0.0312. The fourth-order valence-corrected chi connectivity index (χ4v) is 3.71. The molecule has 0 aliphatic carbocycles. The molecule has 0 saturated carbocycles. The number of methoxy groups -OCH3 is 1. The fraction of sp³-hybridized carbons (Fsp3) is 0.591. The van der Waals surface area contributed by atoms with Crippen molar-refractivity contribution in [3.63, 3.8) is 0 Å². The van der Waals surface area contributed by atoms with Crippen LogP contribution >= 0.6 is 0 Å². The van der Waals surface area contributed by atoms with Gasteiger partial charge in [-0.2, -0.15) is 0 Å². The molecule has 0 aromatic heterocycles. The van der Waals surface area contributed by atoms with Crippen LogP contribution in [0.15, 0.2) is 24.3 Å². The van der Waals surface area contributed by atoms with Crippen LogP contribution in [0.1, 0.15) is 40.0 Å². The molecular formula is C22H32N2O7. The quantitative estimate of drug-likeness (QED) is 0.496. The Hall–Kier alpha value is -2.65. The number of carbonyl (C=O) groups is 3. The maximum absolute atomic E-state index is 13.2. The summed E-state index contributed by atoms with van der Waals surface area (Å²) in [6, 6.07) is 6.29. The van der Waals surface area contributed by atoms with Crippen LogP contribution in [0.4, 0.5) is 5.69 Å². The summed E-state index contributed by atoms with van der Waals surface area (Å²) in [4.78, 5) is 37.7. The van der Waals surface area contributed by atoms with Crippen molar-refractivity contribution in [3.8, 4) is 5.75 Å². The number of hydrogen-bond acceptors (Lipinski definition) is 7. The van der Waals surface area contributed by atoms with Crippen molar-refractivity contribution in [1.82, 2.24) is 0 Å². The summed E-state index contributed by atoms with van der Waals surface area (Å²) in [5.74, 6) is -2.07. The Balaban J connectivity index is 2.09. The van der Waals surface area contributed by atoms with Crippen LogP contribution in [-0.4, -0.2) is 60.0 Å². The van der Waals surface area contributed by atoms with Gasteiger partial charge in [-0.15, -0.1) is 0 Å². The number of ether oxygens (including phenoxy) is 2. The summed E-state index contributed by atoms with van der Waals surface area (Å²) in [6.07, 6.45) is -1.44. The molecule has 1 amide bonds. The van der Waals surface area contributed by atoms with Gasteiger partial charge in [0.15, 0.2) is 0 Å². The number of rotatable bonds is 9. The summed E-state index contributed by atoms with van der Waals surface area (Å²) < 4.78 is 10.5. The zero-order valence-electron chi connectivity index (χ0n) is 18.4. The van der Waals surface area contributed by atoms with E-state index in [4.69, 9.17) is 20.3 Å². The number of nitrogens with zero attached hydrogens (tertiary/aromatic N) is 1. The number of esters is 1. The summed E-state index contributed by atoms with van der Waals surface area (Å²) in [5, 5.41) is 19.3. The Labute approximate surface area is 182 Å². The molecule has 0 saturated heterocycles. The van der Waals surface area contributed by atoms with Gasteiger partial charge < -0.3 is 30.3 Å². The van der Waals surface area contributed by atoms with E-state index in [1.165, 1.54) is 18.9 Å². The molecule has 0 unspecified atom stereocenters. The zero-order valence-corrected chi connectivity index (χ0v) is 18.4. The standard InChI is InChI=1S/C22H32N2O7/c1-13(20(27)28)9-16(25)14(23)10-22(2,3)11-19(26)24-12-18(21(29)30-4)31-17-8-6-5-7-15(17)24/h5-8,13-14,16,18,25H,9-12,23H2,1-4H3,(H,27,28)/t13-,14+,16+,18-/m1/s1. The van der Waals surface area contributed by atoms with Gasteiger partial charge in [0.05, 0.1) is 31.4 Å². The number of carboxylic acids is 1. The highest BCUT2D eigenvalue weighted by Crippen LogP contribution is 2.36. The minimum atomic E-state index is -0.994. The first-order chi connectivity index (χ1) is 14.4. The summed E-state index contributed by atoms with van der Waals surface area (Å²) >= 11 is 0. The first-order valence-corrected chi connectivity index (χ1v) is 10.3. The highest BCUT2D eigenvalue weighted by molar-refractivity contribution is 5.97. The number of benzene rings is 1. The van der Waals surface area contributed by atoms with Crippen molar-refractivity contribution in [2.45, 2.75) is 58.3 Å². The number of carboxylic acid groups (broad SMARTS) is 1. The van der Waals surface area contributed by atoms with E-state index in [1.807, 2.05) is 13.8 Å². The topological polar surface area (TPSA) is 139 Å². The Morgan fingerprint density at radius 2 is 1.97 bits per heavy atom. The van der Waals surface area contributed by atoms with Crippen LogP contribution in [-0.2, 0) is 19.1 Å². The molecule has 1 aliphatic heterocycles.